The number of amides is 1. The average Bonchev–Trinajstić information content (AvgIpc) is 2.98. The molecule has 0 radical (unpaired) electrons. The summed E-state index contributed by atoms with van der Waals surface area (Å²) in [5.41, 5.74) is 2.22. The van der Waals surface area contributed by atoms with Gasteiger partial charge in [0.1, 0.15) is 5.82 Å². The summed E-state index contributed by atoms with van der Waals surface area (Å²) in [5, 5.41) is 12.4. The highest BCUT2D eigenvalue weighted by Gasteiger charge is 2.28. The minimum absolute atomic E-state index is 0.0809. The highest BCUT2D eigenvalue weighted by atomic mass is 32.2. The number of nitrogens with one attached hydrogen (secondary N) is 1. The molecule has 1 N–H and O–H groups in total. The van der Waals surface area contributed by atoms with Crippen molar-refractivity contribution in [3.8, 4) is 5.69 Å². The van der Waals surface area contributed by atoms with Crippen molar-refractivity contribution in [3.63, 3.8) is 0 Å². The predicted octanol–water partition coefficient (Wildman–Crippen LogP) is 3.92. The first-order chi connectivity index (χ1) is 12.5. The molecule has 0 unspecified atom stereocenters. The largest absolute Gasteiger partial charge is 0.352 e. The van der Waals surface area contributed by atoms with E-state index in [2.05, 4.69) is 48.4 Å². The smallest absolute Gasteiger partial charge is 0.230 e. The number of hydrogen-bond acceptors (Lipinski definition) is 4. The number of rotatable bonds is 5. The predicted molar refractivity (Wildman–Crippen MR) is 106 cm³/mol. The van der Waals surface area contributed by atoms with Crippen LogP contribution in [0.2, 0.25) is 0 Å². The van der Waals surface area contributed by atoms with Gasteiger partial charge in [0.25, 0.3) is 0 Å². The second-order valence-corrected chi connectivity index (χ2v) is 8.38. The zero-order valence-corrected chi connectivity index (χ0v) is 16.8. The lowest BCUT2D eigenvalue weighted by Gasteiger charge is -2.34. The second kappa shape index (κ2) is 8.25. The molecule has 1 aromatic heterocycles. The van der Waals surface area contributed by atoms with Gasteiger partial charge in [0.15, 0.2) is 5.16 Å². The van der Waals surface area contributed by atoms with Crippen molar-refractivity contribution in [3.05, 3.63) is 35.7 Å². The van der Waals surface area contributed by atoms with Gasteiger partial charge in [-0.3, -0.25) is 9.36 Å². The van der Waals surface area contributed by atoms with Gasteiger partial charge in [0, 0.05) is 11.7 Å². The van der Waals surface area contributed by atoms with Crippen molar-refractivity contribution < 1.29 is 4.79 Å². The summed E-state index contributed by atoms with van der Waals surface area (Å²) < 4.78 is 2.01. The molecule has 1 aromatic carbocycles. The van der Waals surface area contributed by atoms with Gasteiger partial charge in [-0.25, -0.2) is 0 Å². The van der Waals surface area contributed by atoms with Gasteiger partial charge in [-0.2, -0.15) is 0 Å². The van der Waals surface area contributed by atoms with Gasteiger partial charge in [-0.15, -0.1) is 10.2 Å². The summed E-state index contributed by atoms with van der Waals surface area (Å²) in [6.45, 7) is 8.53. The fourth-order valence-corrected chi connectivity index (χ4v) is 4.47. The molecular weight excluding hydrogens is 344 g/mol. The van der Waals surface area contributed by atoms with Crippen LogP contribution in [-0.2, 0) is 4.79 Å². The summed E-state index contributed by atoms with van der Waals surface area (Å²) in [6.07, 6.45) is 3.55. The molecule has 1 heterocycles. The van der Waals surface area contributed by atoms with Crippen LogP contribution in [0.4, 0.5) is 0 Å². The fraction of sp³-hybridized carbons (Fsp3) is 0.550. The second-order valence-electron chi connectivity index (χ2n) is 7.43. The van der Waals surface area contributed by atoms with E-state index in [-0.39, 0.29) is 5.91 Å². The number of nitrogens with zero attached hydrogens (tertiary/aromatic N) is 3. The Morgan fingerprint density at radius 1 is 1.27 bits per heavy atom. The third-order valence-corrected chi connectivity index (χ3v) is 6.37. The Morgan fingerprint density at radius 3 is 2.85 bits per heavy atom. The maximum Gasteiger partial charge on any atom is 0.230 e. The van der Waals surface area contributed by atoms with Crippen molar-refractivity contribution in [1.82, 2.24) is 20.1 Å². The van der Waals surface area contributed by atoms with Gasteiger partial charge in [-0.1, -0.05) is 50.6 Å². The van der Waals surface area contributed by atoms with Crippen LogP contribution >= 0.6 is 11.8 Å². The molecule has 3 atom stereocenters. The number of carbonyl (C=O) groups is 1. The lowest BCUT2D eigenvalue weighted by molar-refractivity contribution is -0.120. The van der Waals surface area contributed by atoms with Crippen molar-refractivity contribution in [2.75, 3.05) is 5.75 Å². The molecule has 1 aliphatic carbocycles. The van der Waals surface area contributed by atoms with E-state index in [1.54, 1.807) is 0 Å². The zero-order valence-electron chi connectivity index (χ0n) is 16.0. The average molecular weight is 373 g/mol. The SMILES string of the molecule is Cc1cccc(-n2c(C)nnc2SCC(=O)N[C@@H]2CCC[C@@H](C)[C@@H]2C)c1. The van der Waals surface area contributed by atoms with Crippen LogP contribution in [0, 0.1) is 25.7 Å². The molecule has 6 heteroatoms. The van der Waals surface area contributed by atoms with Crippen molar-refractivity contribution in [2.45, 2.75) is 58.2 Å². The molecular formula is C20H28N4OS. The van der Waals surface area contributed by atoms with Crippen LogP contribution in [0.25, 0.3) is 5.69 Å². The van der Waals surface area contributed by atoms with Gasteiger partial charge in [-0.05, 0) is 49.8 Å². The molecule has 0 bridgehead atoms. The molecule has 1 amide bonds. The standard InChI is InChI=1S/C20H28N4OS/c1-13-7-5-9-17(11-13)24-16(4)22-23-20(24)26-12-19(25)21-18-10-6-8-14(2)15(18)3/h5,7,9,11,14-15,18H,6,8,10,12H2,1-4H3,(H,21,25)/t14-,15+,18-/m1/s1. The van der Waals surface area contributed by atoms with Gasteiger partial charge in [0.2, 0.25) is 5.91 Å². The van der Waals surface area contributed by atoms with Crippen molar-refractivity contribution in [1.29, 1.82) is 0 Å². The van der Waals surface area contributed by atoms with Crippen LogP contribution in [0.1, 0.15) is 44.5 Å². The summed E-state index contributed by atoms with van der Waals surface area (Å²) in [6, 6.07) is 8.53. The quantitative estimate of drug-likeness (QED) is 0.808. The van der Waals surface area contributed by atoms with E-state index in [1.807, 2.05) is 23.6 Å². The van der Waals surface area contributed by atoms with Crippen LogP contribution < -0.4 is 5.32 Å². The first kappa shape index (κ1) is 19.0. The Bertz CT molecular complexity index is 773. The number of thioether (sulfide) groups is 1. The van der Waals surface area contributed by atoms with Crippen LogP contribution in [0.5, 0.6) is 0 Å². The van der Waals surface area contributed by atoms with E-state index < -0.39 is 0 Å². The molecule has 0 saturated heterocycles. The maximum absolute atomic E-state index is 12.5. The molecule has 1 saturated carbocycles. The minimum atomic E-state index is 0.0809. The third-order valence-electron chi connectivity index (χ3n) is 5.44. The maximum atomic E-state index is 12.5. The molecule has 5 nitrogen and oxygen atoms in total. The molecule has 26 heavy (non-hydrogen) atoms. The number of aromatic nitrogens is 3. The molecule has 140 valence electrons. The lowest BCUT2D eigenvalue weighted by Crippen LogP contribution is -2.44. The molecule has 0 spiro atoms. The summed E-state index contributed by atoms with van der Waals surface area (Å²) in [7, 11) is 0. The summed E-state index contributed by atoms with van der Waals surface area (Å²) in [4.78, 5) is 12.5. The Morgan fingerprint density at radius 2 is 2.08 bits per heavy atom. The highest BCUT2D eigenvalue weighted by molar-refractivity contribution is 7.99. The fourth-order valence-electron chi connectivity index (χ4n) is 3.66. The third kappa shape index (κ3) is 4.29. The molecule has 0 aliphatic heterocycles. The Kier molecular flexibility index (Phi) is 6.01. The molecule has 1 fully saturated rings. The highest BCUT2D eigenvalue weighted by Crippen LogP contribution is 2.29. The summed E-state index contributed by atoms with van der Waals surface area (Å²) in [5.74, 6) is 2.48. The molecule has 1 aliphatic rings. The minimum Gasteiger partial charge on any atom is -0.352 e. The normalized spacial score (nSPS) is 23.0. The number of aryl methyl sites for hydroxylation is 2. The Hall–Kier alpha value is -1.82. The van der Waals surface area contributed by atoms with E-state index in [0.29, 0.717) is 23.6 Å². The van der Waals surface area contributed by atoms with Gasteiger partial charge >= 0.3 is 0 Å². The molecule has 3 rings (SSSR count). The first-order valence-corrected chi connectivity index (χ1v) is 10.4. The van der Waals surface area contributed by atoms with Crippen LogP contribution in [0.3, 0.4) is 0 Å². The zero-order chi connectivity index (χ0) is 18.7. The first-order valence-electron chi connectivity index (χ1n) is 9.37. The van der Waals surface area contributed by atoms with Crippen LogP contribution in [0.15, 0.2) is 29.4 Å². The van der Waals surface area contributed by atoms with E-state index in [0.717, 1.165) is 23.1 Å². The van der Waals surface area contributed by atoms with Crippen LogP contribution in [-0.4, -0.2) is 32.5 Å². The number of carbonyl (C=O) groups excluding carboxylic acids is 1. The van der Waals surface area contributed by atoms with E-state index in [9.17, 15) is 4.79 Å². The topological polar surface area (TPSA) is 59.8 Å². The van der Waals surface area contributed by atoms with Crippen molar-refractivity contribution in [2.24, 2.45) is 11.8 Å². The monoisotopic (exact) mass is 372 g/mol. The van der Waals surface area contributed by atoms with E-state index >= 15 is 0 Å². The lowest BCUT2D eigenvalue weighted by atomic mass is 9.78. The number of benzene rings is 1. The van der Waals surface area contributed by atoms with Crippen molar-refractivity contribution >= 4 is 17.7 Å². The molecule has 2 aromatic rings. The number of hydrogen-bond donors (Lipinski definition) is 1. The van der Waals surface area contributed by atoms with E-state index in [1.165, 1.54) is 30.2 Å². The van der Waals surface area contributed by atoms with Gasteiger partial charge < -0.3 is 5.32 Å². The Balaban J connectivity index is 1.64. The summed E-state index contributed by atoms with van der Waals surface area (Å²) >= 11 is 1.44. The van der Waals surface area contributed by atoms with Gasteiger partial charge in [0.05, 0.1) is 5.75 Å². The van der Waals surface area contributed by atoms with E-state index in [4.69, 9.17) is 0 Å². The Labute approximate surface area is 160 Å².